The smallest absolute Gasteiger partial charge is 0.161 e. The molecule has 0 spiro atoms. The molecule has 2 aromatic carbocycles. The van der Waals surface area contributed by atoms with Crippen molar-refractivity contribution in [2.75, 3.05) is 5.32 Å². The number of aromatic nitrogens is 2. The number of hydrogen-bond acceptors (Lipinski definition) is 5. The Morgan fingerprint density at radius 3 is 2.82 bits per heavy atom. The minimum Gasteiger partial charge on any atom is -0.455 e. The van der Waals surface area contributed by atoms with Crippen LogP contribution in [0.15, 0.2) is 72.0 Å². The van der Waals surface area contributed by atoms with Crippen molar-refractivity contribution in [3.05, 3.63) is 93.6 Å². The molecule has 2 heterocycles. The highest BCUT2D eigenvalue weighted by atomic mass is 35.5. The predicted molar refractivity (Wildman–Crippen MR) is 132 cm³/mol. The third kappa shape index (κ3) is 5.34. The first-order valence-electron chi connectivity index (χ1n) is 10.7. The van der Waals surface area contributed by atoms with E-state index in [1.807, 2.05) is 61.5 Å². The molecule has 8 heteroatoms. The lowest BCUT2D eigenvalue weighted by molar-refractivity contribution is 0.483. The number of hydrogen-bond donors (Lipinski definition) is 1. The first-order valence-corrected chi connectivity index (χ1v) is 11.1. The van der Waals surface area contributed by atoms with Gasteiger partial charge in [0.1, 0.15) is 5.75 Å². The van der Waals surface area contributed by atoms with Gasteiger partial charge in [-0.2, -0.15) is 0 Å². The highest BCUT2D eigenvalue weighted by Gasteiger charge is 2.11. The topological polar surface area (TPSA) is 95.8 Å². The van der Waals surface area contributed by atoms with E-state index in [9.17, 15) is 0 Å². The minimum absolute atomic E-state index is 0.297. The van der Waals surface area contributed by atoms with E-state index < -0.39 is 0 Å². The normalized spacial score (nSPS) is 11.6. The molecule has 4 rings (SSSR count). The van der Waals surface area contributed by atoms with Crippen LogP contribution in [0.4, 0.5) is 11.4 Å². The van der Waals surface area contributed by atoms with Crippen molar-refractivity contribution in [1.29, 1.82) is 0 Å². The van der Waals surface area contributed by atoms with Crippen LogP contribution in [0.5, 0.6) is 11.5 Å². The average molecular weight is 459 g/mol. The zero-order chi connectivity index (χ0) is 23.2. The van der Waals surface area contributed by atoms with E-state index in [1.54, 1.807) is 12.3 Å². The average Bonchev–Trinajstić information content (AvgIpc) is 2.81. The Morgan fingerprint density at radius 2 is 2.00 bits per heavy atom. The van der Waals surface area contributed by atoms with Crippen LogP contribution < -0.4 is 10.1 Å². The van der Waals surface area contributed by atoms with Crippen LogP contribution in [0.2, 0.25) is 5.02 Å². The second-order valence-corrected chi connectivity index (χ2v) is 8.04. The molecule has 0 bridgehead atoms. The quantitative estimate of drug-likeness (QED) is 0.163. The third-order valence-electron chi connectivity index (χ3n) is 5.17. The number of azide groups is 1. The van der Waals surface area contributed by atoms with E-state index in [2.05, 4.69) is 32.2 Å². The lowest BCUT2D eigenvalue weighted by atomic mass is 10.1. The third-order valence-corrected chi connectivity index (χ3v) is 5.41. The van der Waals surface area contributed by atoms with Crippen LogP contribution >= 0.6 is 11.6 Å². The number of benzene rings is 2. The molecule has 1 unspecified atom stereocenters. The SMILES string of the molecule is CCCc1ccc2c(Nc3cc(Cl)ccc3Oc3cccc(C(C)N=[N+]=[N-])c3)ccnc2n1. The predicted octanol–water partition coefficient (Wildman–Crippen LogP) is 8.14. The largest absolute Gasteiger partial charge is 0.455 e. The number of aryl methyl sites for hydroxylation is 1. The molecular formula is C25H23ClN6O. The Labute approximate surface area is 197 Å². The van der Waals surface area contributed by atoms with Gasteiger partial charge in [0.15, 0.2) is 11.4 Å². The van der Waals surface area contributed by atoms with Gasteiger partial charge in [0.25, 0.3) is 0 Å². The molecule has 2 aromatic heterocycles. The number of nitrogens with zero attached hydrogens (tertiary/aromatic N) is 5. The van der Waals surface area contributed by atoms with Gasteiger partial charge < -0.3 is 10.1 Å². The van der Waals surface area contributed by atoms with E-state index in [-0.39, 0.29) is 6.04 Å². The lowest BCUT2D eigenvalue weighted by Gasteiger charge is -2.16. The molecule has 1 atom stereocenters. The van der Waals surface area contributed by atoms with Gasteiger partial charge in [0, 0.05) is 27.2 Å². The molecule has 4 aromatic rings. The molecule has 0 saturated heterocycles. The summed E-state index contributed by atoms with van der Waals surface area (Å²) in [6, 6.07) is 18.6. The Hall–Kier alpha value is -3.80. The molecule has 0 radical (unpaired) electrons. The van der Waals surface area contributed by atoms with Gasteiger partial charge in [0.2, 0.25) is 0 Å². The van der Waals surface area contributed by atoms with Crippen LogP contribution in [0.1, 0.15) is 37.6 Å². The minimum atomic E-state index is -0.297. The van der Waals surface area contributed by atoms with Crippen molar-refractivity contribution in [1.82, 2.24) is 9.97 Å². The van der Waals surface area contributed by atoms with Crippen molar-refractivity contribution in [2.24, 2.45) is 5.11 Å². The van der Waals surface area contributed by atoms with Gasteiger partial charge in [-0.1, -0.05) is 49.1 Å². The Morgan fingerprint density at radius 1 is 1.12 bits per heavy atom. The van der Waals surface area contributed by atoms with Crippen LogP contribution in [0, 0.1) is 0 Å². The summed E-state index contributed by atoms with van der Waals surface area (Å²) in [6.07, 6.45) is 3.68. The molecule has 0 amide bonds. The van der Waals surface area contributed by atoms with E-state index in [1.165, 1.54) is 0 Å². The second-order valence-electron chi connectivity index (χ2n) is 7.60. The lowest BCUT2D eigenvalue weighted by Crippen LogP contribution is -1.98. The standard InChI is InChI=1S/C25H23ClN6O/c1-3-5-19-9-10-21-22(12-13-28-25(21)29-19)30-23-15-18(26)8-11-24(23)33-20-7-4-6-17(14-20)16(2)31-32-27/h4,6-16H,3,5H2,1-2H3,(H,28,29,30). The second kappa shape index (κ2) is 10.2. The zero-order valence-electron chi connectivity index (χ0n) is 18.4. The molecule has 0 aliphatic heterocycles. The summed E-state index contributed by atoms with van der Waals surface area (Å²) in [5, 5.41) is 8.68. The van der Waals surface area contributed by atoms with Gasteiger partial charge in [-0.25, -0.2) is 9.97 Å². The summed E-state index contributed by atoms with van der Waals surface area (Å²) in [5.74, 6) is 1.23. The molecule has 33 heavy (non-hydrogen) atoms. The molecule has 7 nitrogen and oxygen atoms in total. The Bertz CT molecular complexity index is 1340. The number of halogens is 1. The number of nitrogens with one attached hydrogen (secondary N) is 1. The fourth-order valence-corrected chi connectivity index (χ4v) is 3.69. The summed E-state index contributed by atoms with van der Waals surface area (Å²) >= 11 is 6.29. The van der Waals surface area contributed by atoms with Gasteiger partial charge in [-0.05, 0) is 66.0 Å². The van der Waals surface area contributed by atoms with E-state index >= 15 is 0 Å². The highest BCUT2D eigenvalue weighted by molar-refractivity contribution is 6.31. The van der Waals surface area contributed by atoms with Crippen LogP contribution in [-0.2, 0) is 6.42 Å². The monoisotopic (exact) mass is 458 g/mol. The van der Waals surface area contributed by atoms with Gasteiger partial charge in [-0.3, -0.25) is 0 Å². The number of fused-ring (bicyclic) bond motifs is 1. The molecule has 0 aliphatic carbocycles. The molecule has 1 N–H and O–H groups in total. The summed E-state index contributed by atoms with van der Waals surface area (Å²) in [4.78, 5) is 12.0. The number of ether oxygens (including phenoxy) is 1. The van der Waals surface area contributed by atoms with Crippen LogP contribution in [0.25, 0.3) is 21.5 Å². The summed E-state index contributed by atoms with van der Waals surface area (Å²) in [5.41, 5.74) is 12.9. The zero-order valence-corrected chi connectivity index (χ0v) is 19.1. The van der Waals surface area contributed by atoms with Crippen molar-refractivity contribution < 1.29 is 4.74 Å². The fourth-order valence-electron chi connectivity index (χ4n) is 3.52. The molecule has 0 aliphatic rings. The molecule has 166 valence electrons. The van der Waals surface area contributed by atoms with E-state index in [4.69, 9.17) is 21.9 Å². The van der Waals surface area contributed by atoms with E-state index in [0.29, 0.717) is 27.9 Å². The van der Waals surface area contributed by atoms with Crippen LogP contribution in [0.3, 0.4) is 0 Å². The molecular weight excluding hydrogens is 436 g/mol. The van der Waals surface area contributed by atoms with Crippen molar-refractivity contribution >= 4 is 34.0 Å². The van der Waals surface area contributed by atoms with Crippen LogP contribution in [-0.4, -0.2) is 9.97 Å². The first kappa shape index (κ1) is 22.4. The summed E-state index contributed by atoms with van der Waals surface area (Å²) in [6.45, 7) is 3.97. The summed E-state index contributed by atoms with van der Waals surface area (Å²) < 4.78 is 6.18. The Balaban J connectivity index is 1.66. The maximum atomic E-state index is 8.72. The molecule has 0 saturated carbocycles. The van der Waals surface area contributed by atoms with Gasteiger partial charge >= 0.3 is 0 Å². The molecule has 0 fully saturated rings. The summed E-state index contributed by atoms with van der Waals surface area (Å²) in [7, 11) is 0. The van der Waals surface area contributed by atoms with Crippen molar-refractivity contribution in [3.8, 4) is 11.5 Å². The van der Waals surface area contributed by atoms with Gasteiger partial charge in [-0.15, -0.1) is 0 Å². The highest BCUT2D eigenvalue weighted by Crippen LogP contribution is 2.36. The number of rotatable bonds is 8. The van der Waals surface area contributed by atoms with E-state index in [0.717, 1.165) is 35.2 Å². The van der Waals surface area contributed by atoms with Crippen molar-refractivity contribution in [3.63, 3.8) is 0 Å². The maximum Gasteiger partial charge on any atom is 0.161 e. The number of anilines is 2. The first-order chi connectivity index (χ1) is 16.1. The Kier molecular flexibility index (Phi) is 6.93. The number of pyridine rings is 2. The maximum absolute atomic E-state index is 8.72. The van der Waals surface area contributed by atoms with Crippen molar-refractivity contribution in [2.45, 2.75) is 32.7 Å². The fraction of sp³-hybridized carbons (Fsp3) is 0.200. The van der Waals surface area contributed by atoms with Gasteiger partial charge in [0.05, 0.1) is 17.4 Å².